The highest BCUT2D eigenvalue weighted by molar-refractivity contribution is 5.98. The SMILES string of the molecule is NCCC[C@H](NC(=O)c1ccccc1)C(=O)N[C@@H](Cc1ccccc1)C(N)=O.[Cl-]. The van der Waals surface area contributed by atoms with Crippen LogP contribution >= 0.6 is 0 Å². The lowest BCUT2D eigenvalue weighted by Gasteiger charge is -2.22. The molecule has 2 rings (SSSR count). The number of carbonyl (C=O) groups excluding carboxylic acids is 3. The summed E-state index contributed by atoms with van der Waals surface area (Å²) in [6.07, 6.45) is 1.18. The van der Waals surface area contributed by atoms with Gasteiger partial charge in [-0.1, -0.05) is 48.5 Å². The first-order valence-corrected chi connectivity index (χ1v) is 9.21. The minimum Gasteiger partial charge on any atom is -1.00 e. The van der Waals surface area contributed by atoms with Gasteiger partial charge in [0.05, 0.1) is 0 Å². The van der Waals surface area contributed by atoms with Gasteiger partial charge in [-0.2, -0.15) is 0 Å². The van der Waals surface area contributed by atoms with Gasteiger partial charge in [0, 0.05) is 12.0 Å². The lowest BCUT2D eigenvalue weighted by molar-refractivity contribution is -0.128. The number of primary amides is 1. The Balaban J connectivity index is 0.00000420. The fraction of sp³-hybridized carbons (Fsp3) is 0.286. The van der Waals surface area contributed by atoms with Crippen LogP contribution in [0.3, 0.4) is 0 Å². The quantitative estimate of drug-likeness (QED) is 0.348. The zero-order chi connectivity index (χ0) is 20.4. The van der Waals surface area contributed by atoms with Gasteiger partial charge in [0.1, 0.15) is 12.1 Å². The molecule has 3 amide bonds. The summed E-state index contributed by atoms with van der Waals surface area (Å²) in [4.78, 5) is 37.0. The molecule has 2 aromatic rings. The predicted molar refractivity (Wildman–Crippen MR) is 107 cm³/mol. The van der Waals surface area contributed by atoms with Crippen LogP contribution < -0.4 is 34.5 Å². The molecule has 0 saturated heterocycles. The predicted octanol–water partition coefficient (Wildman–Crippen LogP) is -2.26. The third kappa shape index (κ3) is 7.93. The van der Waals surface area contributed by atoms with Crippen molar-refractivity contribution in [2.75, 3.05) is 6.54 Å². The van der Waals surface area contributed by atoms with Crippen LogP contribution in [0.25, 0.3) is 0 Å². The summed E-state index contributed by atoms with van der Waals surface area (Å²) in [5, 5.41) is 5.38. The number of benzene rings is 2. The molecule has 0 fully saturated rings. The number of nitrogens with one attached hydrogen (secondary N) is 2. The summed E-state index contributed by atoms with van der Waals surface area (Å²) >= 11 is 0. The lowest BCUT2D eigenvalue weighted by atomic mass is 10.0. The van der Waals surface area contributed by atoms with Gasteiger partial charge in [0.25, 0.3) is 5.91 Å². The molecule has 2 atom stereocenters. The molecule has 0 bridgehead atoms. The van der Waals surface area contributed by atoms with Crippen LogP contribution in [0.5, 0.6) is 0 Å². The third-order valence-corrected chi connectivity index (χ3v) is 4.30. The van der Waals surface area contributed by atoms with E-state index in [1.807, 2.05) is 30.3 Å². The van der Waals surface area contributed by atoms with E-state index < -0.39 is 23.9 Å². The molecular formula is C21H26ClN4O3-. The van der Waals surface area contributed by atoms with Gasteiger partial charge in [0.2, 0.25) is 11.8 Å². The van der Waals surface area contributed by atoms with E-state index in [-0.39, 0.29) is 24.7 Å². The number of amides is 3. The largest absolute Gasteiger partial charge is 1.00 e. The Morgan fingerprint density at radius 2 is 1.45 bits per heavy atom. The Labute approximate surface area is 176 Å². The minimum atomic E-state index is -0.871. The molecule has 0 aromatic heterocycles. The second-order valence-electron chi connectivity index (χ2n) is 6.48. The van der Waals surface area contributed by atoms with Crippen LogP contribution in [-0.4, -0.2) is 36.3 Å². The molecule has 0 aliphatic heterocycles. The van der Waals surface area contributed by atoms with Crippen LogP contribution in [0.4, 0.5) is 0 Å². The maximum Gasteiger partial charge on any atom is 0.251 e. The maximum absolute atomic E-state index is 12.7. The van der Waals surface area contributed by atoms with Gasteiger partial charge in [-0.3, -0.25) is 14.4 Å². The van der Waals surface area contributed by atoms with Gasteiger partial charge < -0.3 is 34.5 Å². The van der Waals surface area contributed by atoms with Crippen LogP contribution in [0, 0.1) is 0 Å². The number of halogens is 1. The number of hydrogen-bond acceptors (Lipinski definition) is 4. The van der Waals surface area contributed by atoms with Gasteiger partial charge in [-0.15, -0.1) is 0 Å². The highest BCUT2D eigenvalue weighted by Crippen LogP contribution is 2.06. The fourth-order valence-electron chi connectivity index (χ4n) is 2.77. The van der Waals surface area contributed by atoms with Crippen molar-refractivity contribution < 1.29 is 26.8 Å². The molecule has 8 heteroatoms. The third-order valence-electron chi connectivity index (χ3n) is 4.30. The van der Waals surface area contributed by atoms with E-state index in [2.05, 4.69) is 10.6 Å². The van der Waals surface area contributed by atoms with Crippen molar-refractivity contribution in [3.63, 3.8) is 0 Å². The highest BCUT2D eigenvalue weighted by Gasteiger charge is 2.25. The van der Waals surface area contributed by atoms with Crippen molar-refractivity contribution in [2.24, 2.45) is 11.5 Å². The number of nitrogens with two attached hydrogens (primary N) is 2. The molecule has 156 valence electrons. The van der Waals surface area contributed by atoms with Crippen molar-refractivity contribution in [1.29, 1.82) is 0 Å². The van der Waals surface area contributed by atoms with Gasteiger partial charge >= 0.3 is 0 Å². The number of rotatable bonds is 10. The fourth-order valence-corrected chi connectivity index (χ4v) is 2.77. The first-order chi connectivity index (χ1) is 13.5. The Morgan fingerprint density at radius 3 is 2.00 bits per heavy atom. The standard InChI is InChI=1S/C21H26N4O3.ClH/c22-13-7-12-17(24-20(27)16-10-5-2-6-11-16)21(28)25-18(19(23)26)14-15-8-3-1-4-9-15;/h1-6,8-11,17-18H,7,12-14,22H2,(H2,23,26)(H,24,27)(H,25,28);1H/p-1/t17-,18-;/m0./s1. The van der Waals surface area contributed by atoms with Gasteiger partial charge in [0.15, 0.2) is 0 Å². The first-order valence-electron chi connectivity index (χ1n) is 9.21. The Kier molecular flexibility index (Phi) is 10.4. The van der Waals surface area contributed by atoms with Crippen molar-refractivity contribution in [3.8, 4) is 0 Å². The van der Waals surface area contributed by atoms with Crippen molar-refractivity contribution in [2.45, 2.75) is 31.3 Å². The van der Waals surface area contributed by atoms with Crippen LogP contribution in [0.2, 0.25) is 0 Å². The van der Waals surface area contributed by atoms with Crippen molar-refractivity contribution in [1.82, 2.24) is 10.6 Å². The summed E-state index contributed by atoms with van der Waals surface area (Å²) in [5.74, 6) is -1.46. The molecule has 2 aromatic carbocycles. The normalized spacial score (nSPS) is 12.2. The summed E-state index contributed by atoms with van der Waals surface area (Å²) in [7, 11) is 0. The number of carbonyl (C=O) groups is 3. The van der Waals surface area contributed by atoms with Crippen LogP contribution in [0.15, 0.2) is 60.7 Å². The molecule has 0 heterocycles. The molecule has 0 aliphatic rings. The molecular weight excluding hydrogens is 392 g/mol. The Hall–Kier alpha value is -2.90. The second kappa shape index (κ2) is 12.5. The lowest BCUT2D eigenvalue weighted by Crippen LogP contribution is -3.00. The van der Waals surface area contributed by atoms with E-state index in [1.54, 1.807) is 30.3 Å². The zero-order valence-corrected chi connectivity index (χ0v) is 16.8. The van der Waals surface area contributed by atoms with E-state index >= 15 is 0 Å². The second-order valence-corrected chi connectivity index (χ2v) is 6.48. The zero-order valence-electron chi connectivity index (χ0n) is 16.0. The number of hydrogen-bond donors (Lipinski definition) is 4. The molecule has 0 radical (unpaired) electrons. The van der Waals surface area contributed by atoms with E-state index in [9.17, 15) is 14.4 Å². The molecule has 0 spiro atoms. The summed E-state index contributed by atoms with van der Waals surface area (Å²) < 4.78 is 0. The Morgan fingerprint density at radius 1 is 0.862 bits per heavy atom. The maximum atomic E-state index is 12.7. The van der Waals surface area contributed by atoms with E-state index in [0.29, 0.717) is 24.9 Å². The average Bonchev–Trinajstić information content (AvgIpc) is 2.71. The Bertz CT molecular complexity index is 787. The van der Waals surface area contributed by atoms with E-state index in [4.69, 9.17) is 11.5 Å². The minimum absolute atomic E-state index is 0. The molecule has 7 nitrogen and oxygen atoms in total. The molecule has 6 N–H and O–H groups in total. The van der Waals surface area contributed by atoms with Gasteiger partial charge in [-0.25, -0.2) is 0 Å². The average molecular weight is 418 g/mol. The molecule has 29 heavy (non-hydrogen) atoms. The summed E-state index contributed by atoms with van der Waals surface area (Å²) in [5.41, 5.74) is 12.3. The molecule has 0 aliphatic carbocycles. The summed E-state index contributed by atoms with van der Waals surface area (Å²) in [6, 6.07) is 16.2. The van der Waals surface area contributed by atoms with Crippen LogP contribution in [-0.2, 0) is 16.0 Å². The summed E-state index contributed by atoms with van der Waals surface area (Å²) in [6.45, 7) is 0.383. The molecule has 0 saturated carbocycles. The molecule has 0 unspecified atom stereocenters. The van der Waals surface area contributed by atoms with Crippen molar-refractivity contribution in [3.05, 3.63) is 71.8 Å². The van der Waals surface area contributed by atoms with E-state index in [1.165, 1.54) is 0 Å². The topological polar surface area (TPSA) is 127 Å². The van der Waals surface area contributed by atoms with E-state index in [0.717, 1.165) is 5.56 Å². The first kappa shape index (κ1) is 24.1. The highest BCUT2D eigenvalue weighted by atomic mass is 35.5. The smallest absolute Gasteiger partial charge is 0.251 e. The van der Waals surface area contributed by atoms with Crippen molar-refractivity contribution >= 4 is 17.7 Å². The van der Waals surface area contributed by atoms with Crippen LogP contribution in [0.1, 0.15) is 28.8 Å². The van der Waals surface area contributed by atoms with Gasteiger partial charge in [-0.05, 0) is 37.1 Å². The monoisotopic (exact) mass is 417 g/mol.